The highest BCUT2D eigenvalue weighted by Gasteiger charge is 2.14. The number of aromatic nitrogens is 1. The van der Waals surface area contributed by atoms with Crippen LogP contribution in [0.4, 0.5) is 5.69 Å². The van der Waals surface area contributed by atoms with E-state index in [2.05, 4.69) is 4.98 Å². The number of H-pyrrole nitrogens is 1. The quantitative estimate of drug-likeness (QED) is 0.734. The van der Waals surface area contributed by atoms with E-state index in [0.717, 1.165) is 16.8 Å². The SMILES string of the molecule is Cc1ccc2c(=O)c(C(=S)N(C)c3ccccc3)c[nH]c2c1. The number of aromatic amines is 1. The Balaban J connectivity index is 2.07. The number of pyridine rings is 1. The van der Waals surface area contributed by atoms with Gasteiger partial charge in [0.25, 0.3) is 0 Å². The maximum Gasteiger partial charge on any atom is 0.199 e. The smallest absolute Gasteiger partial charge is 0.199 e. The Kier molecular flexibility index (Phi) is 3.77. The van der Waals surface area contributed by atoms with Crippen molar-refractivity contribution in [2.45, 2.75) is 6.92 Å². The number of thiocarbonyl (C=S) groups is 1. The lowest BCUT2D eigenvalue weighted by Gasteiger charge is -2.20. The topological polar surface area (TPSA) is 36.1 Å². The second kappa shape index (κ2) is 5.73. The van der Waals surface area contributed by atoms with E-state index >= 15 is 0 Å². The van der Waals surface area contributed by atoms with Gasteiger partial charge in [-0.15, -0.1) is 0 Å². The maximum absolute atomic E-state index is 12.7. The molecular formula is C18H16N2OS. The van der Waals surface area contributed by atoms with Gasteiger partial charge in [0, 0.05) is 29.8 Å². The fourth-order valence-electron chi connectivity index (χ4n) is 2.44. The predicted molar refractivity (Wildman–Crippen MR) is 95.9 cm³/mol. The zero-order chi connectivity index (χ0) is 15.7. The molecule has 1 N–H and O–H groups in total. The van der Waals surface area contributed by atoms with Crippen molar-refractivity contribution in [2.24, 2.45) is 0 Å². The summed E-state index contributed by atoms with van der Waals surface area (Å²) in [6.45, 7) is 2.00. The number of rotatable bonds is 2. The molecule has 0 radical (unpaired) electrons. The molecule has 1 heterocycles. The summed E-state index contributed by atoms with van der Waals surface area (Å²) in [6.07, 6.45) is 1.70. The standard InChI is InChI=1S/C18H16N2OS/c1-12-8-9-14-16(10-12)19-11-15(17(14)21)18(22)20(2)13-6-4-3-5-7-13/h3-11H,1-2H3,(H,19,21). The summed E-state index contributed by atoms with van der Waals surface area (Å²) in [7, 11) is 1.87. The summed E-state index contributed by atoms with van der Waals surface area (Å²) in [4.78, 5) is 18.2. The Morgan fingerprint density at radius 3 is 2.59 bits per heavy atom. The molecule has 0 aliphatic heterocycles. The molecule has 0 saturated heterocycles. The van der Waals surface area contributed by atoms with E-state index in [1.807, 2.05) is 67.4 Å². The van der Waals surface area contributed by atoms with E-state index in [4.69, 9.17) is 12.2 Å². The number of aryl methyl sites for hydroxylation is 1. The second-order valence-electron chi connectivity index (χ2n) is 5.28. The summed E-state index contributed by atoms with van der Waals surface area (Å²) in [6, 6.07) is 15.5. The summed E-state index contributed by atoms with van der Waals surface area (Å²) in [5.41, 5.74) is 3.37. The number of para-hydroxylation sites is 1. The van der Waals surface area contributed by atoms with Crippen molar-refractivity contribution in [3.63, 3.8) is 0 Å². The number of fused-ring (bicyclic) bond motifs is 1. The Labute approximate surface area is 134 Å². The Hall–Kier alpha value is -2.46. The lowest BCUT2D eigenvalue weighted by atomic mass is 10.1. The van der Waals surface area contributed by atoms with Crippen LogP contribution >= 0.6 is 12.2 Å². The van der Waals surface area contributed by atoms with Crippen LogP contribution in [-0.4, -0.2) is 17.0 Å². The van der Waals surface area contributed by atoms with E-state index in [0.29, 0.717) is 15.9 Å². The first-order valence-electron chi connectivity index (χ1n) is 7.03. The van der Waals surface area contributed by atoms with Crippen molar-refractivity contribution in [1.29, 1.82) is 0 Å². The van der Waals surface area contributed by atoms with Crippen LogP contribution in [-0.2, 0) is 0 Å². The van der Waals surface area contributed by atoms with Crippen molar-refractivity contribution < 1.29 is 0 Å². The van der Waals surface area contributed by atoms with E-state index in [1.165, 1.54) is 0 Å². The van der Waals surface area contributed by atoms with E-state index in [1.54, 1.807) is 6.20 Å². The minimum Gasteiger partial charge on any atom is -0.360 e. The summed E-state index contributed by atoms with van der Waals surface area (Å²) >= 11 is 5.51. The van der Waals surface area contributed by atoms with Crippen molar-refractivity contribution >= 4 is 33.8 Å². The van der Waals surface area contributed by atoms with Crippen LogP contribution in [0.25, 0.3) is 10.9 Å². The highest BCUT2D eigenvalue weighted by atomic mass is 32.1. The molecule has 0 atom stereocenters. The first-order valence-corrected chi connectivity index (χ1v) is 7.44. The average Bonchev–Trinajstić information content (AvgIpc) is 2.54. The number of benzene rings is 2. The van der Waals surface area contributed by atoms with Crippen LogP contribution in [0.3, 0.4) is 0 Å². The number of hydrogen-bond donors (Lipinski definition) is 1. The molecule has 2 aromatic carbocycles. The second-order valence-corrected chi connectivity index (χ2v) is 5.67. The predicted octanol–water partition coefficient (Wildman–Crippen LogP) is 3.65. The highest BCUT2D eigenvalue weighted by molar-refractivity contribution is 7.81. The molecule has 3 rings (SSSR count). The molecule has 0 unspecified atom stereocenters. The van der Waals surface area contributed by atoms with Crippen molar-refractivity contribution in [1.82, 2.24) is 4.98 Å². The van der Waals surface area contributed by atoms with Gasteiger partial charge >= 0.3 is 0 Å². The van der Waals surface area contributed by atoms with E-state index in [-0.39, 0.29) is 5.43 Å². The minimum atomic E-state index is -0.0402. The van der Waals surface area contributed by atoms with Gasteiger partial charge in [-0.3, -0.25) is 4.79 Å². The zero-order valence-corrected chi connectivity index (χ0v) is 13.3. The van der Waals surface area contributed by atoms with E-state index in [9.17, 15) is 4.79 Å². The highest BCUT2D eigenvalue weighted by Crippen LogP contribution is 2.16. The number of nitrogens with zero attached hydrogens (tertiary/aromatic N) is 1. The van der Waals surface area contributed by atoms with Crippen LogP contribution in [0.15, 0.2) is 59.5 Å². The number of hydrogen-bond acceptors (Lipinski definition) is 2. The van der Waals surface area contributed by atoms with Gasteiger partial charge in [-0.2, -0.15) is 0 Å². The molecule has 0 saturated carbocycles. The number of anilines is 1. The van der Waals surface area contributed by atoms with Crippen LogP contribution in [0.2, 0.25) is 0 Å². The molecule has 0 aliphatic rings. The fraction of sp³-hybridized carbons (Fsp3) is 0.111. The van der Waals surface area contributed by atoms with Crippen LogP contribution < -0.4 is 10.3 Å². The Bertz CT molecular complexity index is 900. The normalized spacial score (nSPS) is 10.6. The molecule has 0 aliphatic carbocycles. The molecule has 110 valence electrons. The van der Waals surface area contributed by atoms with Gasteiger partial charge < -0.3 is 9.88 Å². The molecule has 0 fully saturated rings. The third-order valence-electron chi connectivity index (χ3n) is 3.71. The lowest BCUT2D eigenvalue weighted by Crippen LogP contribution is -2.30. The lowest BCUT2D eigenvalue weighted by molar-refractivity contribution is 1.27. The van der Waals surface area contributed by atoms with Crippen molar-refractivity contribution in [3.05, 3.63) is 76.1 Å². The molecule has 4 heteroatoms. The first kappa shape index (κ1) is 14.5. The third-order valence-corrected chi connectivity index (χ3v) is 4.21. The van der Waals surface area contributed by atoms with Crippen LogP contribution in [0, 0.1) is 6.92 Å². The molecule has 22 heavy (non-hydrogen) atoms. The fourth-order valence-corrected chi connectivity index (χ4v) is 2.70. The van der Waals surface area contributed by atoms with Gasteiger partial charge in [-0.1, -0.05) is 36.5 Å². The summed E-state index contributed by atoms with van der Waals surface area (Å²) in [5, 5.41) is 0.659. The first-order chi connectivity index (χ1) is 10.6. The minimum absolute atomic E-state index is 0.0402. The Morgan fingerprint density at radius 1 is 1.14 bits per heavy atom. The van der Waals surface area contributed by atoms with Gasteiger partial charge in [-0.05, 0) is 36.8 Å². The van der Waals surface area contributed by atoms with Crippen molar-refractivity contribution in [3.8, 4) is 0 Å². The van der Waals surface area contributed by atoms with Crippen LogP contribution in [0.1, 0.15) is 11.1 Å². The average molecular weight is 308 g/mol. The number of nitrogens with one attached hydrogen (secondary N) is 1. The molecule has 3 nitrogen and oxygen atoms in total. The van der Waals surface area contributed by atoms with Crippen LogP contribution in [0.5, 0.6) is 0 Å². The monoisotopic (exact) mass is 308 g/mol. The summed E-state index contributed by atoms with van der Waals surface area (Å²) < 4.78 is 0. The van der Waals surface area contributed by atoms with Gasteiger partial charge in [0.2, 0.25) is 0 Å². The summed E-state index contributed by atoms with van der Waals surface area (Å²) in [5.74, 6) is 0. The third kappa shape index (κ3) is 2.53. The van der Waals surface area contributed by atoms with Gasteiger partial charge in [-0.25, -0.2) is 0 Å². The van der Waals surface area contributed by atoms with Gasteiger partial charge in [0.05, 0.1) is 5.56 Å². The van der Waals surface area contributed by atoms with E-state index < -0.39 is 0 Å². The van der Waals surface area contributed by atoms with Gasteiger partial charge in [0.15, 0.2) is 5.43 Å². The molecular weight excluding hydrogens is 292 g/mol. The Morgan fingerprint density at radius 2 is 1.86 bits per heavy atom. The van der Waals surface area contributed by atoms with Crippen molar-refractivity contribution in [2.75, 3.05) is 11.9 Å². The van der Waals surface area contributed by atoms with Gasteiger partial charge in [0.1, 0.15) is 4.99 Å². The molecule has 3 aromatic rings. The molecule has 0 bridgehead atoms. The molecule has 0 spiro atoms. The largest absolute Gasteiger partial charge is 0.360 e. The molecule has 0 amide bonds. The maximum atomic E-state index is 12.7. The molecule has 1 aromatic heterocycles. The zero-order valence-electron chi connectivity index (χ0n) is 12.5.